The van der Waals surface area contributed by atoms with Crippen LogP contribution < -0.4 is 0 Å². The van der Waals surface area contributed by atoms with E-state index in [9.17, 15) is 5.11 Å². The standard InChI is InChI=1S/C9H12O2/c1-6-8(4-5-11-6)9(10)7-2-3-7/h4-5,7,9-10H,2-3H2,1H3. The molecule has 1 heterocycles. The zero-order valence-corrected chi connectivity index (χ0v) is 6.58. The molecular formula is C9H12O2. The van der Waals surface area contributed by atoms with Crippen molar-refractivity contribution in [2.75, 3.05) is 0 Å². The minimum Gasteiger partial charge on any atom is -0.469 e. The van der Waals surface area contributed by atoms with Gasteiger partial charge < -0.3 is 9.52 Å². The average molecular weight is 152 g/mol. The minimum absolute atomic E-state index is 0.284. The van der Waals surface area contributed by atoms with Crippen LogP contribution in [0, 0.1) is 12.8 Å². The summed E-state index contributed by atoms with van der Waals surface area (Å²) in [5.41, 5.74) is 0.965. The molecule has 1 atom stereocenters. The molecule has 0 aromatic carbocycles. The number of rotatable bonds is 2. The van der Waals surface area contributed by atoms with Gasteiger partial charge in [0.15, 0.2) is 0 Å². The van der Waals surface area contributed by atoms with Crippen molar-refractivity contribution in [2.24, 2.45) is 5.92 Å². The Morgan fingerprint density at radius 1 is 1.64 bits per heavy atom. The van der Waals surface area contributed by atoms with Crippen molar-refractivity contribution in [2.45, 2.75) is 25.9 Å². The van der Waals surface area contributed by atoms with E-state index < -0.39 is 0 Å². The lowest BCUT2D eigenvalue weighted by Gasteiger charge is -2.06. The highest BCUT2D eigenvalue weighted by molar-refractivity contribution is 5.20. The molecule has 2 nitrogen and oxygen atoms in total. The third kappa shape index (κ3) is 1.18. The highest BCUT2D eigenvalue weighted by atomic mass is 16.3. The van der Waals surface area contributed by atoms with Gasteiger partial charge in [-0.15, -0.1) is 0 Å². The van der Waals surface area contributed by atoms with E-state index in [1.54, 1.807) is 6.26 Å². The van der Waals surface area contributed by atoms with Crippen molar-refractivity contribution in [3.8, 4) is 0 Å². The lowest BCUT2D eigenvalue weighted by Crippen LogP contribution is -1.98. The second-order valence-electron chi connectivity index (χ2n) is 3.21. The summed E-state index contributed by atoms with van der Waals surface area (Å²) in [6.07, 6.45) is 3.67. The molecule has 1 aromatic heterocycles. The van der Waals surface area contributed by atoms with E-state index in [4.69, 9.17) is 4.42 Å². The number of aryl methyl sites for hydroxylation is 1. The fraction of sp³-hybridized carbons (Fsp3) is 0.556. The van der Waals surface area contributed by atoms with Gasteiger partial charge >= 0.3 is 0 Å². The van der Waals surface area contributed by atoms with Crippen LogP contribution in [0.4, 0.5) is 0 Å². The molecule has 1 fully saturated rings. The monoisotopic (exact) mass is 152 g/mol. The van der Waals surface area contributed by atoms with E-state index in [1.807, 2.05) is 13.0 Å². The van der Waals surface area contributed by atoms with Gasteiger partial charge in [0.25, 0.3) is 0 Å². The predicted octanol–water partition coefficient (Wildman–Crippen LogP) is 2.03. The van der Waals surface area contributed by atoms with E-state index in [0.29, 0.717) is 5.92 Å². The molecule has 1 N–H and O–H groups in total. The summed E-state index contributed by atoms with van der Waals surface area (Å²) in [6, 6.07) is 1.86. The summed E-state index contributed by atoms with van der Waals surface area (Å²) in [7, 11) is 0. The molecular weight excluding hydrogens is 140 g/mol. The van der Waals surface area contributed by atoms with Gasteiger partial charge in [0, 0.05) is 5.56 Å². The lowest BCUT2D eigenvalue weighted by atomic mass is 10.1. The molecule has 2 heteroatoms. The van der Waals surface area contributed by atoms with E-state index in [0.717, 1.165) is 24.2 Å². The highest BCUT2D eigenvalue weighted by Gasteiger charge is 2.32. The second kappa shape index (κ2) is 2.38. The highest BCUT2D eigenvalue weighted by Crippen LogP contribution is 2.41. The first-order valence-electron chi connectivity index (χ1n) is 4.01. The summed E-state index contributed by atoms with van der Waals surface area (Å²) < 4.78 is 5.10. The Morgan fingerprint density at radius 2 is 2.36 bits per heavy atom. The molecule has 0 bridgehead atoms. The van der Waals surface area contributed by atoms with Gasteiger partial charge in [-0.2, -0.15) is 0 Å². The van der Waals surface area contributed by atoms with Crippen molar-refractivity contribution in [1.82, 2.24) is 0 Å². The molecule has 1 aliphatic carbocycles. The smallest absolute Gasteiger partial charge is 0.106 e. The molecule has 0 radical (unpaired) electrons. The van der Waals surface area contributed by atoms with Crippen molar-refractivity contribution < 1.29 is 9.52 Å². The van der Waals surface area contributed by atoms with Crippen molar-refractivity contribution in [3.05, 3.63) is 23.7 Å². The van der Waals surface area contributed by atoms with Gasteiger partial charge in [-0.05, 0) is 31.7 Å². The number of hydrogen-bond donors (Lipinski definition) is 1. The van der Waals surface area contributed by atoms with Crippen LogP contribution >= 0.6 is 0 Å². The van der Waals surface area contributed by atoms with Gasteiger partial charge in [-0.1, -0.05) is 0 Å². The second-order valence-corrected chi connectivity index (χ2v) is 3.21. The first-order chi connectivity index (χ1) is 5.29. The lowest BCUT2D eigenvalue weighted by molar-refractivity contribution is 0.152. The van der Waals surface area contributed by atoms with Crippen LogP contribution in [0.5, 0.6) is 0 Å². The van der Waals surface area contributed by atoms with Gasteiger partial charge in [0.05, 0.1) is 12.4 Å². The predicted molar refractivity (Wildman–Crippen MR) is 41.1 cm³/mol. The number of furan rings is 1. The van der Waals surface area contributed by atoms with Gasteiger partial charge in [-0.3, -0.25) is 0 Å². The molecule has 0 spiro atoms. The number of aliphatic hydroxyl groups excluding tert-OH is 1. The van der Waals surface area contributed by atoms with Gasteiger partial charge in [0.1, 0.15) is 5.76 Å². The third-order valence-corrected chi connectivity index (χ3v) is 2.29. The third-order valence-electron chi connectivity index (χ3n) is 2.29. The Bertz CT molecular complexity index is 248. The minimum atomic E-state index is -0.284. The molecule has 1 aromatic rings. The molecule has 1 unspecified atom stereocenters. The summed E-state index contributed by atoms with van der Waals surface area (Å²) in [5, 5.41) is 9.67. The van der Waals surface area contributed by atoms with Crippen LogP contribution in [0.25, 0.3) is 0 Å². The van der Waals surface area contributed by atoms with Crippen LogP contribution in [0.15, 0.2) is 16.7 Å². The van der Waals surface area contributed by atoms with Crippen molar-refractivity contribution >= 4 is 0 Å². The Hall–Kier alpha value is -0.760. The molecule has 1 aliphatic rings. The maximum Gasteiger partial charge on any atom is 0.106 e. The van der Waals surface area contributed by atoms with Gasteiger partial charge in [0.2, 0.25) is 0 Å². The molecule has 0 aliphatic heterocycles. The Morgan fingerprint density at radius 3 is 2.82 bits per heavy atom. The van der Waals surface area contributed by atoms with Crippen LogP contribution in [-0.2, 0) is 0 Å². The zero-order chi connectivity index (χ0) is 7.84. The van der Waals surface area contributed by atoms with E-state index in [2.05, 4.69) is 0 Å². The normalized spacial score (nSPS) is 20.2. The maximum absolute atomic E-state index is 9.67. The molecule has 0 saturated heterocycles. The topological polar surface area (TPSA) is 33.4 Å². The van der Waals surface area contributed by atoms with Crippen LogP contribution in [0.1, 0.15) is 30.3 Å². The summed E-state index contributed by atoms with van der Waals surface area (Å²) in [5.74, 6) is 1.34. The quantitative estimate of drug-likeness (QED) is 0.703. The fourth-order valence-electron chi connectivity index (χ4n) is 1.37. The van der Waals surface area contributed by atoms with Gasteiger partial charge in [-0.25, -0.2) is 0 Å². The maximum atomic E-state index is 9.67. The summed E-state index contributed by atoms with van der Waals surface area (Å²) in [4.78, 5) is 0. The van der Waals surface area contributed by atoms with E-state index in [-0.39, 0.29) is 6.10 Å². The fourth-order valence-corrected chi connectivity index (χ4v) is 1.37. The Balaban J connectivity index is 2.20. The number of aliphatic hydroxyl groups is 1. The van der Waals surface area contributed by atoms with E-state index in [1.165, 1.54) is 0 Å². The average Bonchev–Trinajstić information content (AvgIpc) is 2.74. The van der Waals surface area contributed by atoms with Crippen LogP contribution in [-0.4, -0.2) is 5.11 Å². The molecule has 60 valence electrons. The largest absolute Gasteiger partial charge is 0.469 e. The Kier molecular flexibility index (Phi) is 1.50. The molecule has 2 rings (SSSR count). The van der Waals surface area contributed by atoms with Crippen molar-refractivity contribution in [3.63, 3.8) is 0 Å². The molecule has 1 saturated carbocycles. The Labute approximate surface area is 65.8 Å². The van der Waals surface area contributed by atoms with Crippen LogP contribution in [0.2, 0.25) is 0 Å². The molecule has 0 amide bonds. The summed E-state index contributed by atoms with van der Waals surface area (Å²) >= 11 is 0. The van der Waals surface area contributed by atoms with E-state index >= 15 is 0 Å². The number of hydrogen-bond acceptors (Lipinski definition) is 2. The first kappa shape index (κ1) is 6.92. The van der Waals surface area contributed by atoms with Crippen molar-refractivity contribution in [1.29, 1.82) is 0 Å². The van der Waals surface area contributed by atoms with Crippen LogP contribution in [0.3, 0.4) is 0 Å². The summed E-state index contributed by atoms with van der Waals surface area (Å²) in [6.45, 7) is 1.89. The molecule has 11 heavy (non-hydrogen) atoms. The zero-order valence-electron chi connectivity index (χ0n) is 6.58. The first-order valence-corrected chi connectivity index (χ1v) is 4.01. The SMILES string of the molecule is Cc1occc1C(O)C1CC1.